The number of nitriles is 1. The average Bonchev–Trinajstić information content (AvgIpc) is 3.10. The van der Waals surface area contributed by atoms with E-state index in [9.17, 15) is 14.0 Å². The third-order valence-electron chi connectivity index (χ3n) is 5.74. The van der Waals surface area contributed by atoms with Gasteiger partial charge in [0.15, 0.2) is 17.3 Å². The smallest absolute Gasteiger partial charge is 0.170 e. The minimum absolute atomic E-state index is 0.158. The monoisotopic (exact) mass is 444 g/mol. The first kappa shape index (κ1) is 20.6. The topological polar surface area (TPSA) is 103 Å². The lowest BCUT2D eigenvalue weighted by Crippen LogP contribution is -2.10. The quantitative estimate of drug-likeness (QED) is 0.433. The molecule has 1 aromatic carbocycles. The van der Waals surface area contributed by atoms with Gasteiger partial charge in [0.05, 0.1) is 17.6 Å². The third-order valence-corrected chi connectivity index (χ3v) is 5.74. The first-order valence-corrected chi connectivity index (χ1v) is 10.2. The van der Waals surface area contributed by atoms with Crippen LogP contribution in [0.3, 0.4) is 0 Å². The molecule has 33 heavy (non-hydrogen) atoms. The number of rotatable bonds is 0. The summed E-state index contributed by atoms with van der Waals surface area (Å²) in [6.45, 7) is 1.76. The Labute approximate surface area is 188 Å². The largest absolute Gasteiger partial charge is 0.482 e. The van der Waals surface area contributed by atoms with Crippen LogP contribution >= 0.6 is 0 Å². The van der Waals surface area contributed by atoms with Gasteiger partial charge in [-0.05, 0) is 42.8 Å². The predicted octanol–water partition coefficient (Wildman–Crippen LogP) is 4.32. The van der Waals surface area contributed by atoms with Gasteiger partial charge in [-0.2, -0.15) is 10.4 Å². The van der Waals surface area contributed by atoms with Gasteiger partial charge in [0.25, 0.3) is 0 Å². The molecule has 1 aliphatic rings. The molecule has 2 bridgehead atoms. The Bertz CT molecular complexity index is 1460. The van der Waals surface area contributed by atoms with Crippen molar-refractivity contribution in [1.29, 1.82) is 5.26 Å². The Balaban J connectivity index is 1.87. The average molecular weight is 444 g/mol. The van der Waals surface area contributed by atoms with Crippen molar-refractivity contribution in [3.63, 3.8) is 0 Å². The van der Waals surface area contributed by atoms with Crippen molar-refractivity contribution >= 4 is 5.82 Å². The number of nitrogens with zero attached hydrogens (tertiary/aromatic N) is 5. The number of hydrogen-bond donors (Lipinski definition) is 1. The highest BCUT2D eigenvalue weighted by atomic mass is 19.1. The van der Waals surface area contributed by atoms with E-state index in [1.165, 1.54) is 18.2 Å². The van der Waals surface area contributed by atoms with Crippen LogP contribution in [0.5, 0.6) is 5.75 Å². The van der Waals surface area contributed by atoms with Gasteiger partial charge in [-0.3, -0.25) is 9.67 Å². The fourth-order valence-electron chi connectivity index (χ4n) is 4.21. The Morgan fingerprint density at radius 2 is 1.97 bits per heavy atom. The van der Waals surface area contributed by atoms with Gasteiger partial charge in [-0.15, -0.1) is 0 Å². The zero-order valence-electron chi connectivity index (χ0n) is 17.8. The number of nitrogens with two attached hydrogens (primary N) is 1. The summed E-state index contributed by atoms with van der Waals surface area (Å²) in [4.78, 5) is 8.58. The highest BCUT2D eigenvalue weighted by Crippen LogP contribution is 2.39. The number of hydrogen-bond acceptors (Lipinski definition) is 6. The van der Waals surface area contributed by atoms with Crippen LogP contribution in [0.1, 0.15) is 35.5 Å². The molecule has 1 aliphatic heterocycles. The lowest BCUT2D eigenvalue weighted by Gasteiger charge is -2.22. The molecule has 2 N–H and O–H groups in total. The molecule has 0 radical (unpaired) electrons. The van der Waals surface area contributed by atoms with Gasteiger partial charge in [0.1, 0.15) is 23.8 Å². The summed E-state index contributed by atoms with van der Waals surface area (Å²) < 4.78 is 36.2. The summed E-state index contributed by atoms with van der Waals surface area (Å²) in [7, 11) is 1.71. The fourth-order valence-corrected chi connectivity index (χ4v) is 4.21. The summed E-state index contributed by atoms with van der Waals surface area (Å²) >= 11 is 0. The second-order valence-electron chi connectivity index (χ2n) is 7.84. The van der Waals surface area contributed by atoms with E-state index in [4.69, 9.17) is 10.5 Å². The Hall–Kier alpha value is -4.32. The maximum atomic E-state index is 14.3. The van der Waals surface area contributed by atoms with Crippen molar-refractivity contribution in [2.75, 3.05) is 5.73 Å². The second kappa shape index (κ2) is 7.67. The zero-order valence-corrected chi connectivity index (χ0v) is 17.8. The van der Waals surface area contributed by atoms with Gasteiger partial charge >= 0.3 is 0 Å². The number of halogens is 2. The van der Waals surface area contributed by atoms with Crippen LogP contribution < -0.4 is 10.5 Å². The molecule has 4 heterocycles. The summed E-state index contributed by atoms with van der Waals surface area (Å²) in [5, 5.41) is 14.0. The maximum Gasteiger partial charge on any atom is 0.170 e. The summed E-state index contributed by atoms with van der Waals surface area (Å²) in [5.41, 5.74) is 10.2. The van der Waals surface area contributed by atoms with Crippen LogP contribution in [0, 0.1) is 23.0 Å². The van der Waals surface area contributed by atoms with Crippen LogP contribution in [0.25, 0.3) is 22.4 Å². The van der Waals surface area contributed by atoms with Gasteiger partial charge in [-0.25, -0.2) is 13.8 Å². The van der Waals surface area contributed by atoms with Gasteiger partial charge in [-0.1, -0.05) is 0 Å². The molecule has 7 nitrogen and oxygen atoms in total. The molecule has 0 saturated heterocycles. The van der Waals surface area contributed by atoms with E-state index < -0.39 is 17.7 Å². The molecule has 5 rings (SSSR count). The third kappa shape index (κ3) is 3.46. The first-order chi connectivity index (χ1) is 15.9. The number of pyridine rings is 2. The van der Waals surface area contributed by atoms with Crippen molar-refractivity contribution in [1.82, 2.24) is 19.7 Å². The minimum atomic E-state index is -0.627. The number of ether oxygens (including phenoxy) is 1. The van der Waals surface area contributed by atoms with Gasteiger partial charge < -0.3 is 10.5 Å². The Morgan fingerprint density at radius 3 is 2.76 bits per heavy atom. The zero-order chi connectivity index (χ0) is 23.3. The van der Waals surface area contributed by atoms with E-state index in [2.05, 4.69) is 21.1 Å². The lowest BCUT2D eigenvalue weighted by molar-refractivity contribution is 0.227. The van der Waals surface area contributed by atoms with Gasteiger partial charge in [0, 0.05) is 41.9 Å². The summed E-state index contributed by atoms with van der Waals surface area (Å²) in [5.74, 6) is -0.492. The molecule has 4 aromatic rings. The normalized spacial score (nSPS) is 14.6. The number of aryl methyl sites for hydroxylation is 1. The Morgan fingerprint density at radius 1 is 1.15 bits per heavy atom. The van der Waals surface area contributed by atoms with Crippen LogP contribution in [-0.4, -0.2) is 19.7 Å². The molecule has 1 atom stereocenters. The second-order valence-corrected chi connectivity index (χ2v) is 7.84. The minimum Gasteiger partial charge on any atom is -0.482 e. The van der Waals surface area contributed by atoms with E-state index in [0.717, 1.165) is 6.20 Å². The van der Waals surface area contributed by atoms with Crippen molar-refractivity contribution in [3.8, 4) is 34.2 Å². The van der Waals surface area contributed by atoms with Crippen LogP contribution in [0.4, 0.5) is 14.6 Å². The highest BCUT2D eigenvalue weighted by molar-refractivity contribution is 5.75. The molecular formula is C24H18F2N6O. The summed E-state index contributed by atoms with van der Waals surface area (Å²) in [6.07, 6.45) is 2.27. The van der Waals surface area contributed by atoms with E-state index in [0.29, 0.717) is 45.0 Å². The number of nitrogen functional groups attached to an aromatic ring is 1. The number of benzene rings is 1. The maximum absolute atomic E-state index is 14.3. The predicted molar refractivity (Wildman–Crippen MR) is 117 cm³/mol. The van der Waals surface area contributed by atoms with Crippen molar-refractivity contribution in [2.45, 2.75) is 19.4 Å². The van der Waals surface area contributed by atoms with Crippen molar-refractivity contribution in [2.24, 2.45) is 7.05 Å². The molecule has 0 spiro atoms. The fraction of sp³-hybridized carbons (Fsp3) is 0.167. The molecule has 3 aromatic heterocycles. The van der Waals surface area contributed by atoms with Crippen LogP contribution in [-0.2, 0) is 13.5 Å². The first-order valence-electron chi connectivity index (χ1n) is 10.2. The number of fused-ring (bicyclic) bond motifs is 7. The molecule has 0 aliphatic carbocycles. The SMILES string of the molecule is CC1Oc2cc(cnc2N)-c2c(C#N)nn(C)c2Cc2cc(F)cnc2-c2ccc(F)cc21. The molecule has 9 heteroatoms. The highest BCUT2D eigenvalue weighted by Gasteiger charge is 2.25. The standard InChI is InChI=1S/C24H18F2N6O/c1-12-18-8-15(25)3-4-17(18)23-13(5-16(26)11-29-23)6-20-22(19(9-27)31-32(20)2)14-7-21(33-12)24(28)30-10-14/h3-5,7-8,10-12H,6H2,1-2H3,(H2,28,30). The molecular weight excluding hydrogens is 426 g/mol. The summed E-state index contributed by atoms with van der Waals surface area (Å²) in [6, 6.07) is 9.49. The van der Waals surface area contributed by atoms with Crippen LogP contribution in [0.2, 0.25) is 0 Å². The van der Waals surface area contributed by atoms with E-state index in [-0.39, 0.29) is 17.9 Å². The van der Waals surface area contributed by atoms with E-state index >= 15 is 0 Å². The molecule has 0 fully saturated rings. The molecule has 164 valence electrons. The molecule has 0 saturated carbocycles. The number of anilines is 1. The van der Waals surface area contributed by atoms with E-state index in [1.807, 2.05) is 0 Å². The van der Waals surface area contributed by atoms with E-state index in [1.54, 1.807) is 37.0 Å². The van der Waals surface area contributed by atoms with Crippen molar-refractivity contribution in [3.05, 3.63) is 76.9 Å². The van der Waals surface area contributed by atoms with Crippen molar-refractivity contribution < 1.29 is 13.5 Å². The lowest BCUT2D eigenvalue weighted by atomic mass is 9.93. The van der Waals surface area contributed by atoms with Gasteiger partial charge in [0.2, 0.25) is 0 Å². The van der Waals surface area contributed by atoms with Crippen LogP contribution in [0.15, 0.2) is 42.7 Å². The Kier molecular flexibility index (Phi) is 4.78. The number of aromatic nitrogens is 4. The molecule has 1 unspecified atom stereocenters. The molecule has 0 amide bonds.